The maximum atomic E-state index is 15.9. The molecule has 3 N–H and O–H groups in total. The van der Waals surface area contributed by atoms with Crippen molar-refractivity contribution < 1.29 is 47.0 Å². The fourth-order valence-electron chi connectivity index (χ4n) is 5.86. The SMILES string of the molecule is CC(C)C(COCc1ccccc1)NC(=O)C(F)(F)C(=O)C(Cc1ccc(OCc2ccccc2)cc1)NC(=O)C(NC(=O)CC(=O)N1CCOCC1)C(C)C. The molecular formula is C42H52F2N4O8. The van der Waals surface area contributed by atoms with E-state index >= 15 is 8.78 Å². The van der Waals surface area contributed by atoms with Crippen LogP contribution in [-0.4, -0.2) is 91.3 Å². The fraction of sp³-hybridized carbons (Fsp3) is 0.452. The monoisotopic (exact) mass is 778 g/mol. The summed E-state index contributed by atoms with van der Waals surface area (Å²) in [5, 5.41) is 7.19. The Bertz CT molecular complexity index is 1740. The standard InChI is InChI=1S/C42H52F2N4O8/c1-28(2)35(27-55-25-31-11-7-5-8-12-31)46-41(53)42(43,44)39(51)34(23-30-15-17-33(18-16-30)56-26-32-13-9-6-10-14-32)45-40(52)38(29(3)4)47-36(49)24-37(50)48-19-21-54-22-20-48/h5-18,28-29,34-35,38H,19-27H2,1-4H3,(H,45,52)(H,46,53)(H,47,49). The van der Waals surface area contributed by atoms with Crippen molar-refractivity contribution in [1.82, 2.24) is 20.9 Å². The van der Waals surface area contributed by atoms with Gasteiger partial charge < -0.3 is 35.1 Å². The van der Waals surface area contributed by atoms with Gasteiger partial charge in [-0.3, -0.25) is 24.0 Å². The molecule has 14 heteroatoms. The van der Waals surface area contributed by atoms with Crippen molar-refractivity contribution in [3.63, 3.8) is 0 Å². The molecule has 4 rings (SSSR count). The van der Waals surface area contributed by atoms with Gasteiger partial charge in [0, 0.05) is 19.5 Å². The van der Waals surface area contributed by atoms with Crippen molar-refractivity contribution in [2.75, 3.05) is 32.9 Å². The Balaban J connectivity index is 1.49. The zero-order valence-electron chi connectivity index (χ0n) is 32.3. The molecule has 0 saturated carbocycles. The van der Waals surface area contributed by atoms with E-state index in [0.717, 1.165) is 11.1 Å². The predicted molar refractivity (Wildman–Crippen MR) is 204 cm³/mol. The van der Waals surface area contributed by atoms with E-state index < -0.39 is 72.2 Å². The first-order chi connectivity index (χ1) is 26.7. The van der Waals surface area contributed by atoms with E-state index in [1.54, 1.807) is 52.0 Å². The lowest BCUT2D eigenvalue weighted by Crippen LogP contribution is -2.60. The molecule has 0 bridgehead atoms. The van der Waals surface area contributed by atoms with Gasteiger partial charge in [0.05, 0.1) is 38.5 Å². The highest BCUT2D eigenvalue weighted by Crippen LogP contribution is 2.23. The molecule has 1 aliphatic rings. The van der Waals surface area contributed by atoms with Crippen LogP contribution in [0.15, 0.2) is 84.9 Å². The molecule has 56 heavy (non-hydrogen) atoms. The summed E-state index contributed by atoms with van der Waals surface area (Å²) in [6.07, 6.45) is -0.948. The van der Waals surface area contributed by atoms with Crippen LogP contribution in [0.5, 0.6) is 5.75 Å². The largest absolute Gasteiger partial charge is 0.489 e. The van der Waals surface area contributed by atoms with Crippen molar-refractivity contribution in [2.24, 2.45) is 11.8 Å². The number of ketones is 1. The van der Waals surface area contributed by atoms with E-state index in [4.69, 9.17) is 14.2 Å². The Hall–Kier alpha value is -5.21. The summed E-state index contributed by atoms with van der Waals surface area (Å²) in [4.78, 5) is 67.7. The average molecular weight is 779 g/mol. The van der Waals surface area contributed by atoms with E-state index in [1.807, 2.05) is 60.7 Å². The number of carbonyl (C=O) groups is 5. The number of amides is 4. The number of nitrogens with zero attached hydrogens (tertiary/aromatic N) is 1. The molecule has 0 radical (unpaired) electrons. The third kappa shape index (κ3) is 13.2. The number of Topliss-reactive ketones (excluding diaryl/α,β-unsaturated/α-hetero) is 1. The lowest BCUT2D eigenvalue weighted by Gasteiger charge is -2.29. The van der Waals surface area contributed by atoms with E-state index in [2.05, 4.69) is 16.0 Å². The van der Waals surface area contributed by atoms with Crippen molar-refractivity contribution in [2.45, 2.75) is 77.8 Å². The van der Waals surface area contributed by atoms with Gasteiger partial charge in [-0.25, -0.2) is 0 Å². The molecule has 0 aliphatic carbocycles. The first-order valence-corrected chi connectivity index (χ1v) is 18.8. The van der Waals surface area contributed by atoms with Crippen LogP contribution in [0.4, 0.5) is 8.78 Å². The van der Waals surface area contributed by atoms with Crippen LogP contribution in [0.2, 0.25) is 0 Å². The Morgan fingerprint density at radius 3 is 1.91 bits per heavy atom. The number of ether oxygens (including phenoxy) is 3. The fourth-order valence-corrected chi connectivity index (χ4v) is 5.86. The molecule has 3 atom stereocenters. The molecule has 1 heterocycles. The molecule has 302 valence electrons. The average Bonchev–Trinajstić information content (AvgIpc) is 3.19. The number of morpholine rings is 1. The first-order valence-electron chi connectivity index (χ1n) is 18.8. The van der Waals surface area contributed by atoms with Crippen LogP contribution in [0.3, 0.4) is 0 Å². The number of rotatable bonds is 20. The summed E-state index contributed by atoms with van der Waals surface area (Å²) in [5.41, 5.74) is 2.18. The van der Waals surface area contributed by atoms with Crippen LogP contribution in [0, 0.1) is 11.8 Å². The van der Waals surface area contributed by atoms with Crippen molar-refractivity contribution in [3.05, 3.63) is 102 Å². The maximum absolute atomic E-state index is 15.9. The minimum absolute atomic E-state index is 0.0920. The van der Waals surface area contributed by atoms with Gasteiger partial charge in [-0.1, -0.05) is 100 Å². The van der Waals surface area contributed by atoms with Crippen LogP contribution >= 0.6 is 0 Å². The second kappa shape index (κ2) is 21.2. The molecule has 0 spiro atoms. The molecule has 3 aromatic rings. The lowest BCUT2D eigenvalue weighted by atomic mass is 9.95. The Labute approximate surface area is 326 Å². The predicted octanol–water partition coefficient (Wildman–Crippen LogP) is 4.24. The van der Waals surface area contributed by atoms with Gasteiger partial charge in [-0.05, 0) is 40.7 Å². The first kappa shape index (κ1) is 43.5. The highest BCUT2D eigenvalue weighted by atomic mass is 19.3. The summed E-state index contributed by atoms with van der Waals surface area (Å²) >= 11 is 0. The highest BCUT2D eigenvalue weighted by Gasteiger charge is 2.51. The molecule has 3 aromatic carbocycles. The molecule has 3 unspecified atom stereocenters. The van der Waals surface area contributed by atoms with E-state index in [0.29, 0.717) is 37.6 Å². The van der Waals surface area contributed by atoms with Crippen molar-refractivity contribution >= 4 is 29.4 Å². The smallest absolute Gasteiger partial charge is 0.383 e. The number of carbonyl (C=O) groups excluding carboxylic acids is 5. The molecule has 12 nitrogen and oxygen atoms in total. The van der Waals surface area contributed by atoms with E-state index in [1.165, 1.54) is 4.90 Å². The number of benzene rings is 3. The summed E-state index contributed by atoms with van der Waals surface area (Å²) in [6.45, 7) is 8.39. The molecular weight excluding hydrogens is 726 g/mol. The van der Waals surface area contributed by atoms with Crippen molar-refractivity contribution in [1.29, 1.82) is 0 Å². The summed E-state index contributed by atoms with van der Waals surface area (Å²) in [7, 11) is 0. The minimum Gasteiger partial charge on any atom is -0.489 e. The summed E-state index contributed by atoms with van der Waals surface area (Å²) in [6, 6.07) is 21.0. The lowest BCUT2D eigenvalue weighted by molar-refractivity contribution is -0.161. The molecule has 0 aromatic heterocycles. The van der Waals surface area contributed by atoms with Gasteiger partial charge in [-0.15, -0.1) is 0 Å². The number of hydrogen-bond donors (Lipinski definition) is 3. The zero-order valence-corrected chi connectivity index (χ0v) is 32.3. The van der Waals surface area contributed by atoms with Crippen LogP contribution in [-0.2, 0) is 53.1 Å². The van der Waals surface area contributed by atoms with Gasteiger partial charge in [0.1, 0.15) is 24.8 Å². The summed E-state index contributed by atoms with van der Waals surface area (Å²) < 4.78 is 48.7. The van der Waals surface area contributed by atoms with Gasteiger partial charge in [0.25, 0.3) is 5.91 Å². The Morgan fingerprint density at radius 1 is 0.750 bits per heavy atom. The van der Waals surface area contributed by atoms with Crippen LogP contribution in [0.1, 0.15) is 50.8 Å². The van der Waals surface area contributed by atoms with Gasteiger partial charge in [-0.2, -0.15) is 8.78 Å². The van der Waals surface area contributed by atoms with Crippen molar-refractivity contribution in [3.8, 4) is 5.75 Å². The number of nitrogens with one attached hydrogen (secondary N) is 3. The number of halogens is 2. The van der Waals surface area contributed by atoms with E-state index in [9.17, 15) is 24.0 Å². The number of alkyl halides is 2. The second-order valence-corrected chi connectivity index (χ2v) is 14.4. The van der Waals surface area contributed by atoms with Crippen LogP contribution < -0.4 is 20.7 Å². The third-order valence-corrected chi connectivity index (χ3v) is 9.31. The molecule has 1 saturated heterocycles. The molecule has 1 aliphatic heterocycles. The zero-order chi connectivity index (χ0) is 40.7. The maximum Gasteiger partial charge on any atom is 0.383 e. The van der Waals surface area contributed by atoms with E-state index in [-0.39, 0.29) is 25.7 Å². The third-order valence-electron chi connectivity index (χ3n) is 9.31. The van der Waals surface area contributed by atoms with Crippen LogP contribution in [0.25, 0.3) is 0 Å². The Kier molecular flexibility index (Phi) is 16.5. The number of hydrogen-bond acceptors (Lipinski definition) is 8. The van der Waals surface area contributed by atoms with Gasteiger partial charge >= 0.3 is 5.92 Å². The second-order valence-electron chi connectivity index (χ2n) is 14.4. The van der Waals surface area contributed by atoms with Gasteiger partial charge in [0.2, 0.25) is 23.5 Å². The normalized spacial score (nSPS) is 14.8. The molecule has 4 amide bonds. The highest BCUT2D eigenvalue weighted by molar-refractivity contribution is 6.11. The van der Waals surface area contributed by atoms with Gasteiger partial charge in [0.15, 0.2) is 0 Å². The quantitative estimate of drug-likeness (QED) is 0.144. The topological polar surface area (TPSA) is 152 Å². The summed E-state index contributed by atoms with van der Waals surface area (Å²) in [5.74, 6) is -10.8. The minimum atomic E-state index is -4.57. The Morgan fingerprint density at radius 2 is 1.34 bits per heavy atom. The molecule has 1 fully saturated rings.